The molecule has 0 heterocycles. The van der Waals surface area contributed by atoms with Crippen molar-refractivity contribution >= 4 is 0 Å². The van der Waals surface area contributed by atoms with E-state index < -0.39 is 0 Å². The highest BCUT2D eigenvalue weighted by Crippen LogP contribution is 2.33. The highest BCUT2D eigenvalue weighted by Gasteiger charge is 2.18. The maximum absolute atomic E-state index is 6.03. The van der Waals surface area contributed by atoms with Crippen molar-refractivity contribution in [3.05, 3.63) is 28.8 Å². The number of benzene rings is 1. The highest BCUT2D eigenvalue weighted by molar-refractivity contribution is 5.46. The van der Waals surface area contributed by atoms with Crippen molar-refractivity contribution in [2.24, 2.45) is 0 Å². The van der Waals surface area contributed by atoms with Gasteiger partial charge in [-0.1, -0.05) is 46.8 Å². The Bertz CT molecular complexity index is 372. The van der Waals surface area contributed by atoms with E-state index in [0.29, 0.717) is 0 Å². The molecule has 0 aliphatic carbocycles. The summed E-state index contributed by atoms with van der Waals surface area (Å²) in [6.07, 6.45) is 2.29. The predicted octanol–water partition coefficient (Wildman–Crippen LogP) is 4.90. The van der Waals surface area contributed by atoms with Gasteiger partial charge in [-0.25, -0.2) is 0 Å². The van der Waals surface area contributed by atoms with Crippen molar-refractivity contribution in [3.8, 4) is 5.75 Å². The summed E-state index contributed by atoms with van der Waals surface area (Å²) >= 11 is 0. The van der Waals surface area contributed by atoms with Crippen LogP contribution in [-0.2, 0) is 18.3 Å². The maximum Gasteiger partial charge on any atom is 0.126 e. The first-order chi connectivity index (χ1) is 8.29. The highest BCUT2D eigenvalue weighted by atomic mass is 16.5. The molecule has 0 spiro atoms. The van der Waals surface area contributed by atoms with Crippen LogP contribution in [-0.4, -0.2) is 6.10 Å². The van der Waals surface area contributed by atoms with Gasteiger partial charge < -0.3 is 4.74 Å². The lowest BCUT2D eigenvalue weighted by molar-refractivity contribution is 0.237. The van der Waals surface area contributed by atoms with Crippen molar-refractivity contribution in [1.29, 1.82) is 0 Å². The van der Waals surface area contributed by atoms with E-state index in [1.807, 2.05) is 0 Å². The summed E-state index contributed by atoms with van der Waals surface area (Å²) in [4.78, 5) is 0. The Balaban J connectivity index is 3.34. The molecule has 1 rings (SSSR count). The number of aryl methyl sites for hydroxylation is 2. The van der Waals surface area contributed by atoms with Gasteiger partial charge in [0.2, 0.25) is 0 Å². The van der Waals surface area contributed by atoms with Gasteiger partial charge >= 0.3 is 0 Å². The Labute approximate surface area is 113 Å². The topological polar surface area (TPSA) is 9.23 Å². The molecule has 1 aromatic carbocycles. The maximum atomic E-state index is 6.03. The lowest BCUT2D eigenvalue weighted by Crippen LogP contribution is -2.15. The second-order valence-electron chi connectivity index (χ2n) is 6.25. The molecule has 0 fully saturated rings. The third kappa shape index (κ3) is 3.51. The van der Waals surface area contributed by atoms with Crippen molar-refractivity contribution in [3.63, 3.8) is 0 Å². The lowest BCUT2D eigenvalue weighted by Gasteiger charge is -2.24. The molecule has 18 heavy (non-hydrogen) atoms. The summed E-state index contributed by atoms with van der Waals surface area (Å²) in [5.41, 5.74) is 4.29. The molecule has 0 atom stereocenters. The van der Waals surface area contributed by atoms with Gasteiger partial charge in [0, 0.05) is 0 Å². The monoisotopic (exact) mass is 248 g/mol. The molecule has 0 saturated carbocycles. The largest absolute Gasteiger partial charge is 0.490 e. The molecule has 0 aliphatic rings. The number of rotatable bonds is 4. The Morgan fingerprint density at radius 3 is 1.72 bits per heavy atom. The zero-order valence-corrected chi connectivity index (χ0v) is 13.1. The predicted molar refractivity (Wildman–Crippen MR) is 79.7 cm³/mol. The van der Waals surface area contributed by atoms with Crippen LogP contribution in [0.5, 0.6) is 5.75 Å². The van der Waals surface area contributed by atoms with Crippen LogP contribution in [0.1, 0.15) is 65.2 Å². The van der Waals surface area contributed by atoms with Crippen LogP contribution < -0.4 is 4.74 Å². The lowest BCUT2D eigenvalue weighted by atomic mass is 9.84. The second-order valence-corrected chi connectivity index (χ2v) is 6.25. The average Bonchev–Trinajstić information content (AvgIpc) is 2.26. The van der Waals surface area contributed by atoms with Crippen LogP contribution >= 0.6 is 0 Å². The van der Waals surface area contributed by atoms with E-state index >= 15 is 0 Å². The Kier molecular flexibility index (Phi) is 4.84. The van der Waals surface area contributed by atoms with Crippen LogP contribution in [0.2, 0.25) is 0 Å². The van der Waals surface area contributed by atoms with E-state index in [1.54, 1.807) is 0 Å². The van der Waals surface area contributed by atoms with Crippen LogP contribution in [0.4, 0.5) is 0 Å². The molecule has 0 radical (unpaired) electrons. The molecule has 102 valence electrons. The van der Waals surface area contributed by atoms with Gasteiger partial charge in [0.05, 0.1) is 6.10 Å². The SMILES string of the molecule is CCc1cc(C(C)(C)C)cc(CC)c1OC(C)C. The standard InChI is InChI=1S/C17H28O/c1-8-13-10-15(17(5,6)7)11-14(9-2)16(13)18-12(3)4/h10-12H,8-9H2,1-7H3. The smallest absolute Gasteiger partial charge is 0.126 e. The number of hydrogen-bond acceptors (Lipinski definition) is 1. The Morgan fingerprint density at radius 2 is 1.44 bits per heavy atom. The van der Waals surface area contributed by atoms with Crippen LogP contribution in [0.25, 0.3) is 0 Å². The zero-order chi connectivity index (χ0) is 13.9. The first-order valence-electron chi connectivity index (χ1n) is 7.12. The van der Waals surface area contributed by atoms with E-state index in [2.05, 4.69) is 60.6 Å². The summed E-state index contributed by atoms with van der Waals surface area (Å²) in [6.45, 7) is 15.4. The van der Waals surface area contributed by atoms with Gasteiger partial charge in [0.15, 0.2) is 0 Å². The molecule has 1 aromatic rings. The van der Waals surface area contributed by atoms with Crippen molar-refractivity contribution in [2.45, 2.75) is 72.8 Å². The summed E-state index contributed by atoms with van der Waals surface area (Å²) in [5, 5.41) is 0. The normalized spacial score (nSPS) is 12.0. The molecule has 0 aromatic heterocycles. The van der Waals surface area contributed by atoms with Crippen molar-refractivity contribution in [1.82, 2.24) is 0 Å². The third-order valence-corrected chi connectivity index (χ3v) is 3.22. The summed E-state index contributed by atoms with van der Waals surface area (Å²) in [5.74, 6) is 1.11. The van der Waals surface area contributed by atoms with Crippen LogP contribution in [0.3, 0.4) is 0 Å². The minimum absolute atomic E-state index is 0.199. The fourth-order valence-corrected chi connectivity index (χ4v) is 2.10. The van der Waals surface area contributed by atoms with Crippen LogP contribution in [0, 0.1) is 0 Å². The molecular formula is C17H28O. The average molecular weight is 248 g/mol. The summed E-state index contributed by atoms with van der Waals surface area (Å²) in [6, 6.07) is 4.63. The minimum atomic E-state index is 0.199. The molecule has 1 heteroatoms. The molecule has 0 bridgehead atoms. The molecule has 0 aliphatic heterocycles. The van der Waals surface area contributed by atoms with Gasteiger partial charge in [0.25, 0.3) is 0 Å². The molecule has 0 N–H and O–H groups in total. The van der Waals surface area contributed by atoms with E-state index in [4.69, 9.17) is 4.74 Å². The van der Waals surface area contributed by atoms with E-state index in [1.165, 1.54) is 16.7 Å². The van der Waals surface area contributed by atoms with Gasteiger partial charge in [-0.15, -0.1) is 0 Å². The fraction of sp³-hybridized carbons (Fsp3) is 0.647. The van der Waals surface area contributed by atoms with Gasteiger partial charge in [0.1, 0.15) is 5.75 Å². The first-order valence-corrected chi connectivity index (χ1v) is 7.12. The molecule has 0 unspecified atom stereocenters. The second kappa shape index (κ2) is 5.77. The molecular weight excluding hydrogens is 220 g/mol. The quantitative estimate of drug-likeness (QED) is 0.736. The van der Waals surface area contributed by atoms with E-state index in [9.17, 15) is 0 Å². The van der Waals surface area contributed by atoms with Crippen LogP contribution in [0.15, 0.2) is 12.1 Å². The number of hydrogen-bond donors (Lipinski definition) is 0. The molecule has 0 saturated heterocycles. The fourth-order valence-electron chi connectivity index (χ4n) is 2.10. The van der Waals surface area contributed by atoms with E-state index in [-0.39, 0.29) is 11.5 Å². The molecule has 1 nitrogen and oxygen atoms in total. The third-order valence-electron chi connectivity index (χ3n) is 3.22. The van der Waals surface area contributed by atoms with Gasteiger partial charge in [-0.05, 0) is 48.8 Å². The first kappa shape index (κ1) is 15.1. The van der Waals surface area contributed by atoms with Gasteiger partial charge in [-0.2, -0.15) is 0 Å². The number of ether oxygens (including phenoxy) is 1. The zero-order valence-electron chi connectivity index (χ0n) is 13.1. The van der Waals surface area contributed by atoms with Crippen molar-refractivity contribution in [2.75, 3.05) is 0 Å². The summed E-state index contributed by atoms with van der Waals surface area (Å²) < 4.78 is 6.03. The van der Waals surface area contributed by atoms with Crippen molar-refractivity contribution < 1.29 is 4.74 Å². The Hall–Kier alpha value is -0.980. The Morgan fingerprint density at radius 1 is 1.00 bits per heavy atom. The minimum Gasteiger partial charge on any atom is -0.490 e. The molecule has 0 amide bonds. The summed E-state index contributed by atoms with van der Waals surface area (Å²) in [7, 11) is 0. The van der Waals surface area contributed by atoms with E-state index in [0.717, 1.165) is 18.6 Å². The van der Waals surface area contributed by atoms with Gasteiger partial charge in [-0.3, -0.25) is 0 Å².